The van der Waals surface area contributed by atoms with Crippen molar-refractivity contribution in [1.82, 2.24) is 10.3 Å². The fourth-order valence-corrected chi connectivity index (χ4v) is 1.76. The molecule has 7 heteroatoms. The van der Waals surface area contributed by atoms with Crippen LogP contribution in [0.3, 0.4) is 0 Å². The van der Waals surface area contributed by atoms with Gasteiger partial charge in [-0.3, -0.25) is 9.78 Å². The fourth-order valence-electron chi connectivity index (χ4n) is 1.07. The van der Waals surface area contributed by atoms with E-state index >= 15 is 0 Å². The van der Waals surface area contributed by atoms with Gasteiger partial charge in [0, 0.05) is 17.6 Å². The van der Waals surface area contributed by atoms with Gasteiger partial charge in [0.1, 0.15) is 5.69 Å². The van der Waals surface area contributed by atoms with Crippen LogP contribution in [-0.2, 0) is 4.79 Å². The highest BCUT2D eigenvalue weighted by Crippen LogP contribution is 2.16. The quantitative estimate of drug-likeness (QED) is 0.232. The monoisotopic (exact) mass is 254 g/mol. The van der Waals surface area contributed by atoms with Crippen LogP contribution in [0.2, 0.25) is 0 Å². The van der Waals surface area contributed by atoms with Gasteiger partial charge in [0.2, 0.25) is 5.91 Å². The number of rotatable bonds is 5. The number of amidine groups is 1. The molecule has 1 aromatic rings. The SMILES string of the molecule is CCNC(=O)CSc1ccc(/C(N)=N/O)nc1. The molecule has 6 nitrogen and oxygen atoms in total. The van der Waals surface area contributed by atoms with Crippen molar-refractivity contribution in [3.05, 3.63) is 24.0 Å². The Morgan fingerprint density at radius 3 is 2.94 bits per heavy atom. The maximum Gasteiger partial charge on any atom is 0.230 e. The van der Waals surface area contributed by atoms with Crippen molar-refractivity contribution in [2.75, 3.05) is 12.3 Å². The number of amides is 1. The molecule has 0 saturated carbocycles. The normalized spacial score (nSPS) is 11.2. The molecule has 0 atom stereocenters. The Hall–Kier alpha value is -1.76. The Kier molecular flexibility index (Phi) is 5.28. The van der Waals surface area contributed by atoms with E-state index in [-0.39, 0.29) is 11.7 Å². The second kappa shape index (κ2) is 6.74. The molecule has 0 bridgehead atoms. The smallest absolute Gasteiger partial charge is 0.230 e. The predicted octanol–water partition coefficient (Wildman–Crippen LogP) is 0.404. The van der Waals surface area contributed by atoms with Crippen molar-refractivity contribution < 1.29 is 10.0 Å². The zero-order valence-corrected chi connectivity index (χ0v) is 10.2. The number of nitrogens with two attached hydrogens (primary N) is 1. The Morgan fingerprint density at radius 2 is 2.41 bits per heavy atom. The second-order valence-corrected chi connectivity index (χ2v) is 4.16. The predicted molar refractivity (Wildman–Crippen MR) is 66.2 cm³/mol. The third kappa shape index (κ3) is 4.31. The van der Waals surface area contributed by atoms with Crippen LogP contribution in [0.5, 0.6) is 0 Å². The first-order valence-corrected chi connectivity index (χ1v) is 5.99. The van der Waals surface area contributed by atoms with E-state index in [1.54, 1.807) is 18.3 Å². The highest BCUT2D eigenvalue weighted by molar-refractivity contribution is 8.00. The van der Waals surface area contributed by atoms with E-state index in [0.717, 1.165) is 4.90 Å². The number of hydrogen-bond acceptors (Lipinski definition) is 5. The summed E-state index contributed by atoms with van der Waals surface area (Å²) < 4.78 is 0. The first-order valence-electron chi connectivity index (χ1n) is 5.00. The Bertz CT molecular complexity index is 405. The summed E-state index contributed by atoms with van der Waals surface area (Å²) in [5.41, 5.74) is 5.77. The van der Waals surface area contributed by atoms with Gasteiger partial charge in [0.15, 0.2) is 5.84 Å². The molecular weight excluding hydrogens is 240 g/mol. The van der Waals surface area contributed by atoms with Gasteiger partial charge in [-0.2, -0.15) is 0 Å². The van der Waals surface area contributed by atoms with Crippen LogP contribution >= 0.6 is 11.8 Å². The van der Waals surface area contributed by atoms with Crippen molar-refractivity contribution in [2.45, 2.75) is 11.8 Å². The maximum absolute atomic E-state index is 11.2. The molecule has 0 aliphatic heterocycles. The summed E-state index contributed by atoms with van der Waals surface area (Å²) >= 11 is 1.38. The molecule has 1 heterocycles. The van der Waals surface area contributed by atoms with Gasteiger partial charge in [-0.1, -0.05) is 5.16 Å². The zero-order chi connectivity index (χ0) is 12.7. The molecule has 92 valence electrons. The minimum absolute atomic E-state index is 0.0157. The van der Waals surface area contributed by atoms with Gasteiger partial charge in [0.05, 0.1) is 5.75 Å². The summed E-state index contributed by atoms with van der Waals surface area (Å²) in [7, 11) is 0. The number of hydrogen-bond donors (Lipinski definition) is 3. The lowest BCUT2D eigenvalue weighted by molar-refractivity contribution is -0.118. The summed E-state index contributed by atoms with van der Waals surface area (Å²) in [5.74, 6) is 0.293. The van der Waals surface area contributed by atoms with Crippen LogP contribution < -0.4 is 11.1 Å². The molecule has 1 aromatic heterocycles. The molecule has 0 radical (unpaired) electrons. The number of aromatic nitrogens is 1. The zero-order valence-electron chi connectivity index (χ0n) is 9.38. The van der Waals surface area contributed by atoms with Crippen LogP contribution in [-0.4, -0.2) is 34.2 Å². The number of carbonyl (C=O) groups excluding carboxylic acids is 1. The maximum atomic E-state index is 11.2. The summed E-state index contributed by atoms with van der Waals surface area (Å²) in [5, 5.41) is 14.0. The second-order valence-electron chi connectivity index (χ2n) is 3.11. The molecule has 0 unspecified atom stereocenters. The molecule has 0 saturated heterocycles. The summed E-state index contributed by atoms with van der Waals surface area (Å²) in [4.78, 5) is 16.1. The van der Waals surface area contributed by atoms with Crippen molar-refractivity contribution in [3.63, 3.8) is 0 Å². The van der Waals surface area contributed by atoms with Gasteiger partial charge < -0.3 is 16.3 Å². The van der Waals surface area contributed by atoms with Gasteiger partial charge in [-0.25, -0.2) is 0 Å². The van der Waals surface area contributed by atoms with E-state index in [2.05, 4.69) is 15.5 Å². The molecule has 0 fully saturated rings. The first-order chi connectivity index (χ1) is 8.17. The molecule has 0 aliphatic rings. The molecule has 0 aliphatic carbocycles. The number of nitrogens with one attached hydrogen (secondary N) is 1. The minimum Gasteiger partial charge on any atom is -0.409 e. The van der Waals surface area contributed by atoms with E-state index in [0.29, 0.717) is 18.0 Å². The summed E-state index contributed by atoms with van der Waals surface area (Å²) in [6.07, 6.45) is 1.58. The Labute approximate surface area is 103 Å². The highest BCUT2D eigenvalue weighted by atomic mass is 32.2. The highest BCUT2D eigenvalue weighted by Gasteiger charge is 2.03. The number of pyridine rings is 1. The lowest BCUT2D eigenvalue weighted by Gasteiger charge is -2.03. The Balaban J connectivity index is 2.54. The summed E-state index contributed by atoms with van der Waals surface area (Å²) in [6.45, 7) is 2.50. The van der Waals surface area contributed by atoms with E-state index in [1.165, 1.54) is 11.8 Å². The fraction of sp³-hybridized carbons (Fsp3) is 0.300. The van der Waals surface area contributed by atoms with Crippen molar-refractivity contribution >= 4 is 23.5 Å². The standard InChI is InChI=1S/C10H14N4O2S/c1-2-12-9(15)6-17-7-3-4-8(13-5-7)10(11)14-16/h3-5,16H,2,6H2,1H3,(H2,11,14)(H,12,15). The topological polar surface area (TPSA) is 101 Å². The van der Waals surface area contributed by atoms with Crippen LogP contribution in [0.25, 0.3) is 0 Å². The van der Waals surface area contributed by atoms with E-state index < -0.39 is 0 Å². The van der Waals surface area contributed by atoms with Gasteiger partial charge >= 0.3 is 0 Å². The largest absolute Gasteiger partial charge is 0.409 e. The number of thioether (sulfide) groups is 1. The van der Waals surface area contributed by atoms with Gasteiger partial charge in [-0.15, -0.1) is 11.8 Å². The molecule has 4 N–H and O–H groups in total. The minimum atomic E-state index is -0.0368. The third-order valence-electron chi connectivity index (χ3n) is 1.85. The average molecular weight is 254 g/mol. The van der Waals surface area contributed by atoms with E-state index in [9.17, 15) is 4.79 Å². The third-order valence-corrected chi connectivity index (χ3v) is 2.83. The van der Waals surface area contributed by atoms with Crippen LogP contribution in [0, 0.1) is 0 Å². The molecular formula is C10H14N4O2S. The van der Waals surface area contributed by atoms with Crippen LogP contribution in [0.1, 0.15) is 12.6 Å². The lowest BCUT2D eigenvalue weighted by Crippen LogP contribution is -2.24. The number of carbonyl (C=O) groups is 1. The molecule has 0 aromatic carbocycles. The van der Waals surface area contributed by atoms with E-state index in [1.807, 2.05) is 6.92 Å². The van der Waals surface area contributed by atoms with E-state index in [4.69, 9.17) is 10.9 Å². The van der Waals surface area contributed by atoms with Crippen LogP contribution in [0.4, 0.5) is 0 Å². The molecule has 1 rings (SSSR count). The average Bonchev–Trinajstić information content (AvgIpc) is 2.36. The van der Waals surface area contributed by atoms with Gasteiger partial charge in [-0.05, 0) is 19.1 Å². The molecule has 0 spiro atoms. The lowest BCUT2D eigenvalue weighted by atomic mass is 10.3. The number of nitrogens with zero attached hydrogens (tertiary/aromatic N) is 2. The molecule has 17 heavy (non-hydrogen) atoms. The van der Waals surface area contributed by atoms with Crippen LogP contribution in [0.15, 0.2) is 28.4 Å². The van der Waals surface area contributed by atoms with Crippen molar-refractivity contribution in [2.24, 2.45) is 10.9 Å². The Morgan fingerprint density at radius 1 is 1.65 bits per heavy atom. The van der Waals surface area contributed by atoms with Crippen molar-refractivity contribution in [1.29, 1.82) is 0 Å². The molecule has 1 amide bonds. The van der Waals surface area contributed by atoms with Gasteiger partial charge in [0.25, 0.3) is 0 Å². The van der Waals surface area contributed by atoms with Crippen molar-refractivity contribution in [3.8, 4) is 0 Å². The summed E-state index contributed by atoms with van der Waals surface area (Å²) in [6, 6.07) is 3.40. The number of oxime groups is 1. The first kappa shape index (κ1) is 13.3.